The van der Waals surface area contributed by atoms with Gasteiger partial charge in [0.25, 0.3) is 0 Å². The van der Waals surface area contributed by atoms with Crippen LogP contribution >= 0.6 is 0 Å². The Labute approximate surface area is 120 Å². The second kappa shape index (κ2) is 5.44. The predicted octanol–water partition coefficient (Wildman–Crippen LogP) is 2.64. The van der Waals surface area contributed by atoms with Crippen LogP contribution in [0.5, 0.6) is 0 Å². The summed E-state index contributed by atoms with van der Waals surface area (Å²) in [7, 11) is 2.19. The molecule has 108 valence electrons. The molecule has 2 aliphatic rings. The summed E-state index contributed by atoms with van der Waals surface area (Å²) >= 11 is 0. The SMILES string of the molecule is CN1CCCC2(CCN(C(=O)Nc3ccccc3)C2)C1. The Morgan fingerprint density at radius 3 is 2.70 bits per heavy atom. The van der Waals surface area contributed by atoms with Gasteiger partial charge in [-0.2, -0.15) is 0 Å². The lowest BCUT2D eigenvalue weighted by molar-refractivity contribution is 0.117. The van der Waals surface area contributed by atoms with Crippen LogP contribution in [-0.2, 0) is 0 Å². The second-order valence-corrected chi connectivity index (χ2v) is 6.31. The molecule has 2 amide bonds. The molecule has 4 nitrogen and oxygen atoms in total. The smallest absolute Gasteiger partial charge is 0.321 e. The fourth-order valence-corrected chi connectivity index (χ4v) is 3.62. The third-order valence-electron chi connectivity index (χ3n) is 4.60. The zero-order valence-corrected chi connectivity index (χ0v) is 12.1. The molecule has 2 aliphatic heterocycles. The van der Waals surface area contributed by atoms with Crippen LogP contribution in [0.4, 0.5) is 10.5 Å². The van der Waals surface area contributed by atoms with E-state index in [1.807, 2.05) is 35.2 Å². The van der Waals surface area contributed by atoms with Crippen molar-refractivity contribution >= 4 is 11.7 Å². The van der Waals surface area contributed by atoms with Crippen LogP contribution in [0.3, 0.4) is 0 Å². The average molecular weight is 273 g/mol. The minimum Gasteiger partial charge on any atom is -0.324 e. The molecule has 1 atom stereocenters. The molecule has 3 rings (SSSR count). The summed E-state index contributed by atoms with van der Waals surface area (Å²) in [5.74, 6) is 0. The first-order chi connectivity index (χ1) is 9.67. The summed E-state index contributed by atoms with van der Waals surface area (Å²) in [4.78, 5) is 16.7. The lowest BCUT2D eigenvalue weighted by atomic mass is 9.79. The quantitative estimate of drug-likeness (QED) is 0.854. The lowest BCUT2D eigenvalue weighted by Crippen LogP contribution is -2.44. The highest BCUT2D eigenvalue weighted by Crippen LogP contribution is 2.38. The van der Waals surface area contributed by atoms with Crippen molar-refractivity contribution in [2.45, 2.75) is 19.3 Å². The van der Waals surface area contributed by atoms with E-state index >= 15 is 0 Å². The van der Waals surface area contributed by atoms with Gasteiger partial charge in [-0.1, -0.05) is 18.2 Å². The van der Waals surface area contributed by atoms with Crippen LogP contribution in [0.1, 0.15) is 19.3 Å². The fraction of sp³-hybridized carbons (Fsp3) is 0.562. The van der Waals surface area contributed by atoms with Crippen LogP contribution in [-0.4, -0.2) is 49.1 Å². The number of para-hydroxylation sites is 1. The van der Waals surface area contributed by atoms with Crippen molar-refractivity contribution in [2.75, 3.05) is 38.5 Å². The molecule has 0 radical (unpaired) electrons. The lowest BCUT2D eigenvalue weighted by Gasteiger charge is -2.38. The highest BCUT2D eigenvalue weighted by atomic mass is 16.2. The Kier molecular flexibility index (Phi) is 3.66. The number of amides is 2. The van der Waals surface area contributed by atoms with E-state index in [0.717, 1.165) is 31.7 Å². The van der Waals surface area contributed by atoms with E-state index in [2.05, 4.69) is 17.3 Å². The number of anilines is 1. The maximum Gasteiger partial charge on any atom is 0.321 e. The average Bonchev–Trinajstić information content (AvgIpc) is 2.83. The normalized spacial score (nSPS) is 26.9. The number of urea groups is 1. The van der Waals surface area contributed by atoms with Gasteiger partial charge in [-0.15, -0.1) is 0 Å². The summed E-state index contributed by atoms with van der Waals surface area (Å²) < 4.78 is 0. The fourth-order valence-electron chi connectivity index (χ4n) is 3.62. The Morgan fingerprint density at radius 1 is 1.15 bits per heavy atom. The molecule has 0 saturated carbocycles. The zero-order chi connectivity index (χ0) is 14.0. The summed E-state index contributed by atoms with van der Waals surface area (Å²) in [6.07, 6.45) is 3.65. The number of carbonyl (C=O) groups is 1. The highest BCUT2D eigenvalue weighted by Gasteiger charge is 2.41. The van der Waals surface area contributed by atoms with E-state index in [9.17, 15) is 4.79 Å². The van der Waals surface area contributed by atoms with Gasteiger partial charge in [0, 0.05) is 30.7 Å². The van der Waals surface area contributed by atoms with Crippen LogP contribution < -0.4 is 5.32 Å². The number of nitrogens with one attached hydrogen (secondary N) is 1. The molecule has 1 aromatic carbocycles. The maximum atomic E-state index is 12.3. The largest absolute Gasteiger partial charge is 0.324 e. The zero-order valence-electron chi connectivity index (χ0n) is 12.1. The van der Waals surface area contributed by atoms with Gasteiger partial charge in [0.05, 0.1) is 0 Å². The minimum absolute atomic E-state index is 0.0429. The molecule has 0 aromatic heterocycles. The molecule has 1 N–H and O–H groups in total. The Hall–Kier alpha value is -1.55. The minimum atomic E-state index is 0.0429. The highest BCUT2D eigenvalue weighted by molar-refractivity contribution is 5.89. The van der Waals surface area contributed by atoms with Gasteiger partial charge in [0.1, 0.15) is 0 Å². The first-order valence-corrected chi connectivity index (χ1v) is 7.46. The molecular formula is C16H23N3O. The molecule has 2 heterocycles. The third kappa shape index (κ3) is 2.80. The van der Waals surface area contributed by atoms with Crippen LogP contribution in [0, 0.1) is 5.41 Å². The number of rotatable bonds is 1. The molecule has 1 aromatic rings. The van der Waals surface area contributed by atoms with Gasteiger partial charge in [0.2, 0.25) is 0 Å². The molecule has 20 heavy (non-hydrogen) atoms. The van der Waals surface area contributed by atoms with Gasteiger partial charge < -0.3 is 15.1 Å². The van der Waals surface area contributed by atoms with Gasteiger partial charge in [-0.3, -0.25) is 0 Å². The summed E-state index contributed by atoms with van der Waals surface area (Å²) in [6, 6.07) is 9.74. The maximum absolute atomic E-state index is 12.3. The van der Waals surface area contributed by atoms with Gasteiger partial charge in [-0.25, -0.2) is 4.79 Å². The van der Waals surface area contributed by atoms with Gasteiger partial charge >= 0.3 is 6.03 Å². The summed E-state index contributed by atoms with van der Waals surface area (Å²) in [5.41, 5.74) is 1.21. The summed E-state index contributed by atoms with van der Waals surface area (Å²) in [6.45, 7) is 4.10. The number of nitrogens with zero attached hydrogens (tertiary/aromatic N) is 2. The van der Waals surface area contributed by atoms with Crippen LogP contribution in [0.25, 0.3) is 0 Å². The van der Waals surface area contributed by atoms with Gasteiger partial charge in [-0.05, 0) is 45.0 Å². The van der Waals surface area contributed by atoms with E-state index in [-0.39, 0.29) is 6.03 Å². The molecule has 0 bridgehead atoms. The van der Waals surface area contributed by atoms with Crippen molar-refractivity contribution < 1.29 is 4.79 Å². The molecule has 2 fully saturated rings. The number of carbonyl (C=O) groups excluding carboxylic acids is 1. The Bertz CT molecular complexity index is 476. The Balaban J connectivity index is 1.61. The predicted molar refractivity (Wildman–Crippen MR) is 80.8 cm³/mol. The van der Waals surface area contributed by atoms with E-state index in [0.29, 0.717) is 5.41 Å². The number of hydrogen-bond donors (Lipinski definition) is 1. The van der Waals surface area contributed by atoms with E-state index < -0.39 is 0 Å². The third-order valence-corrected chi connectivity index (χ3v) is 4.60. The number of benzene rings is 1. The Morgan fingerprint density at radius 2 is 1.95 bits per heavy atom. The van der Waals surface area contributed by atoms with E-state index in [4.69, 9.17) is 0 Å². The molecule has 1 spiro atoms. The summed E-state index contributed by atoms with van der Waals surface area (Å²) in [5, 5.41) is 2.99. The number of hydrogen-bond acceptors (Lipinski definition) is 2. The molecule has 2 saturated heterocycles. The first-order valence-electron chi connectivity index (χ1n) is 7.46. The molecular weight excluding hydrogens is 250 g/mol. The van der Waals surface area contributed by atoms with Crippen molar-refractivity contribution in [3.63, 3.8) is 0 Å². The standard InChI is InChI=1S/C16H23N3O/c1-18-10-5-8-16(12-18)9-11-19(13-16)15(20)17-14-6-3-2-4-7-14/h2-4,6-7H,5,8-13H2,1H3,(H,17,20). The monoisotopic (exact) mass is 273 g/mol. The topological polar surface area (TPSA) is 35.6 Å². The van der Waals surface area contributed by atoms with Gasteiger partial charge in [0.15, 0.2) is 0 Å². The molecule has 4 heteroatoms. The van der Waals surface area contributed by atoms with Crippen molar-refractivity contribution in [1.82, 2.24) is 9.80 Å². The van der Waals surface area contributed by atoms with E-state index in [1.165, 1.54) is 19.4 Å². The van der Waals surface area contributed by atoms with Crippen molar-refractivity contribution in [3.8, 4) is 0 Å². The van der Waals surface area contributed by atoms with Crippen molar-refractivity contribution in [3.05, 3.63) is 30.3 Å². The number of piperidine rings is 1. The van der Waals surface area contributed by atoms with Crippen LogP contribution in [0.2, 0.25) is 0 Å². The van der Waals surface area contributed by atoms with Crippen molar-refractivity contribution in [1.29, 1.82) is 0 Å². The molecule has 0 aliphatic carbocycles. The van der Waals surface area contributed by atoms with E-state index in [1.54, 1.807) is 0 Å². The van der Waals surface area contributed by atoms with Crippen molar-refractivity contribution in [2.24, 2.45) is 5.41 Å². The number of likely N-dealkylation sites (tertiary alicyclic amines) is 2. The first kappa shape index (κ1) is 13.4. The second-order valence-electron chi connectivity index (χ2n) is 6.31. The van der Waals surface area contributed by atoms with Crippen LogP contribution in [0.15, 0.2) is 30.3 Å². The molecule has 1 unspecified atom stereocenters.